The normalized spacial score (nSPS) is 10.5. The molecule has 6 heteroatoms. The van der Waals surface area contributed by atoms with Crippen molar-refractivity contribution in [3.63, 3.8) is 0 Å². The third-order valence-electron chi connectivity index (χ3n) is 3.10. The number of benzene rings is 2. The first-order valence-corrected chi connectivity index (χ1v) is 6.54. The second-order valence-electron chi connectivity index (χ2n) is 4.60. The lowest BCUT2D eigenvalue weighted by atomic mass is 10.1. The van der Waals surface area contributed by atoms with E-state index in [9.17, 15) is 13.6 Å². The fourth-order valence-corrected chi connectivity index (χ4v) is 1.97. The summed E-state index contributed by atoms with van der Waals surface area (Å²) >= 11 is 5.60. The summed E-state index contributed by atoms with van der Waals surface area (Å²) in [7, 11) is 0. The predicted molar refractivity (Wildman–Crippen MR) is 78.4 cm³/mol. The monoisotopic (exact) mass is 310 g/mol. The Bertz CT molecular complexity index is 704. The fraction of sp³-hybridized carbons (Fsp3) is 0.133. The molecule has 0 saturated heterocycles. The lowest BCUT2D eigenvalue weighted by molar-refractivity contribution is 0.1000. The molecule has 0 fully saturated rings. The van der Waals surface area contributed by atoms with Crippen molar-refractivity contribution in [2.45, 2.75) is 13.5 Å². The van der Waals surface area contributed by atoms with Crippen LogP contribution in [0.3, 0.4) is 0 Å². The summed E-state index contributed by atoms with van der Waals surface area (Å²) in [6.45, 7) is 1.83. The van der Waals surface area contributed by atoms with Crippen molar-refractivity contribution >= 4 is 23.2 Å². The van der Waals surface area contributed by atoms with Gasteiger partial charge in [-0.2, -0.15) is 0 Å². The van der Waals surface area contributed by atoms with Crippen molar-refractivity contribution in [1.29, 1.82) is 0 Å². The van der Waals surface area contributed by atoms with Crippen LogP contribution in [0.5, 0.6) is 0 Å². The molecule has 21 heavy (non-hydrogen) atoms. The van der Waals surface area contributed by atoms with Crippen LogP contribution in [0.25, 0.3) is 0 Å². The minimum atomic E-state index is -0.713. The van der Waals surface area contributed by atoms with Crippen molar-refractivity contribution in [2.24, 2.45) is 5.73 Å². The molecule has 0 aromatic heterocycles. The highest BCUT2D eigenvalue weighted by molar-refractivity contribution is 6.30. The van der Waals surface area contributed by atoms with Gasteiger partial charge in [-0.25, -0.2) is 8.78 Å². The molecule has 0 radical (unpaired) electrons. The van der Waals surface area contributed by atoms with Gasteiger partial charge in [-0.05, 0) is 36.8 Å². The fourth-order valence-electron chi connectivity index (χ4n) is 1.85. The third kappa shape index (κ3) is 3.49. The number of hydrogen-bond acceptors (Lipinski definition) is 2. The van der Waals surface area contributed by atoms with E-state index in [0.717, 1.165) is 6.07 Å². The van der Waals surface area contributed by atoms with E-state index in [0.29, 0.717) is 16.8 Å². The second-order valence-corrected chi connectivity index (χ2v) is 5.00. The molecule has 0 aliphatic carbocycles. The van der Waals surface area contributed by atoms with Crippen LogP contribution in [0.4, 0.5) is 14.5 Å². The van der Waals surface area contributed by atoms with Gasteiger partial charge in [-0.3, -0.25) is 4.79 Å². The molecule has 1 amide bonds. The summed E-state index contributed by atoms with van der Waals surface area (Å²) in [5.74, 6) is -1.77. The third-order valence-corrected chi connectivity index (χ3v) is 3.40. The molecule has 0 spiro atoms. The molecule has 0 aliphatic heterocycles. The number of primary amides is 1. The molecule has 0 saturated carbocycles. The van der Waals surface area contributed by atoms with E-state index < -0.39 is 17.5 Å². The minimum absolute atomic E-state index is 0.0386. The molecule has 3 N–H and O–H groups in total. The second kappa shape index (κ2) is 6.10. The molecule has 2 rings (SSSR count). The Kier molecular flexibility index (Phi) is 4.43. The van der Waals surface area contributed by atoms with Crippen LogP contribution in [-0.2, 0) is 6.54 Å². The molecule has 0 unspecified atom stereocenters. The molecular weight excluding hydrogens is 298 g/mol. The summed E-state index contributed by atoms with van der Waals surface area (Å²) in [6, 6.07) is 6.94. The van der Waals surface area contributed by atoms with Crippen LogP contribution >= 0.6 is 11.6 Å². The Hall–Kier alpha value is -2.14. The van der Waals surface area contributed by atoms with E-state index in [1.165, 1.54) is 18.2 Å². The Balaban J connectivity index is 2.23. The van der Waals surface area contributed by atoms with Gasteiger partial charge in [0.15, 0.2) is 0 Å². The van der Waals surface area contributed by atoms with Gasteiger partial charge in [0.05, 0.1) is 5.02 Å². The topological polar surface area (TPSA) is 55.1 Å². The van der Waals surface area contributed by atoms with Crippen LogP contribution in [0.15, 0.2) is 30.3 Å². The van der Waals surface area contributed by atoms with E-state index in [-0.39, 0.29) is 17.1 Å². The number of halogens is 3. The van der Waals surface area contributed by atoms with E-state index in [4.69, 9.17) is 17.3 Å². The van der Waals surface area contributed by atoms with Crippen molar-refractivity contribution < 1.29 is 13.6 Å². The highest BCUT2D eigenvalue weighted by atomic mass is 35.5. The average molecular weight is 311 g/mol. The van der Waals surface area contributed by atoms with Crippen LogP contribution in [0.1, 0.15) is 21.5 Å². The zero-order chi connectivity index (χ0) is 15.6. The van der Waals surface area contributed by atoms with Crippen LogP contribution in [0, 0.1) is 18.6 Å². The number of hydrogen-bond donors (Lipinski definition) is 2. The molecule has 3 nitrogen and oxygen atoms in total. The molecule has 2 aromatic rings. The predicted octanol–water partition coefficient (Wildman–Crippen LogP) is 3.64. The standard InChI is InChI=1S/C15H13ClF2N2O/c1-8-12(17)5-10(15(19)21)6-14(8)20-7-9-2-3-11(16)13(18)4-9/h2-6,20H,7H2,1H3,(H2,19,21). The Morgan fingerprint density at radius 2 is 1.95 bits per heavy atom. The molecular formula is C15H13ClF2N2O. The maximum atomic E-state index is 13.7. The Morgan fingerprint density at radius 1 is 1.24 bits per heavy atom. The number of amides is 1. The van der Waals surface area contributed by atoms with E-state index in [1.807, 2.05) is 0 Å². The summed E-state index contributed by atoms with van der Waals surface area (Å²) in [6.07, 6.45) is 0. The quantitative estimate of drug-likeness (QED) is 0.906. The first-order chi connectivity index (χ1) is 9.88. The Labute approximate surface area is 125 Å². The highest BCUT2D eigenvalue weighted by Gasteiger charge is 2.10. The number of nitrogens with one attached hydrogen (secondary N) is 1. The Morgan fingerprint density at radius 3 is 2.57 bits per heavy atom. The lowest BCUT2D eigenvalue weighted by Crippen LogP contribution is -2.13. The summed E-state index contributed by atoms with van der Waals surface area (Å²) in [4.78, 5) is 11.1. The molecule has 0 bridgehead atoms. The highest BCUT2D eigenvalue weighted by Crippen LogP contribution is 2.22. The minimum Gasteiger partial charge on any atom is -0.381 e. The van der Waals surface area contributed by atoms with Crippen molar-refractivity contribution in [3.8, 4) is 0 Å². The van der Waals surface area contributed by atoms with Gasteiger partial charge >= 0.3 is 0 Å². The van der Waals surface area contributed by atoms with Gasteiger partial charge in [-0.1, -0.05) is 17.7 Å². The number of nitrogens with two attached hydrogens (primary N) is 1. The SMILES string of the molecule is Cc1c(F)cc(C(N)=O)cc1NCc1ccc(Cl)c(F)c1. The van der Waals surface area contributed by atoms with E-state index >= 15 is 0 Å². The smallest absolute Gasteiger partial charge is 0.248 e. The van der Waals surface area contributed by atoms with Crippen molar-refractivity contribution in [3.05, 3.63) is 63.7 Å². The molecule has 0 aliphatic rings. The van der Waals surface area contributed by atoms with Crippen LogP contribution in [0.2, 0.25) is 5.02 Å². The van der Waals surface area contributed by atoms with E-state index in [2.05, 4.69) is 5.32 Å². The maximum Gasteiger partial charge on any atom is 0.248 e. The summed E-state index contributed by atoms with van der Waals surface area (Å²) in [5, 5.41) is 2.99. The molecule has 0 atom stereocenters. The molecule has 110 valence electrons. The number of carbonyl (C=O) groups is 1. The first-order valence-electron chi connectivity index (χ1n) is 6.16. The number of carbonyl (C=O) groups excluding carboxylic acids is 1. The first kappa shape index (κ1) is 15.3. The van der Waals surface area contributed by atoms with E-state index in [1.54, 1.807) is 13.0 Å². The summed E-state index contributed by atoms with van der Waals surface area (Å²) in [5.41, 5.74) is 6.65. The van der Waals surface area contributed by atoms with Crippen molar-refractivity contribution in [1.82, 2.24) is 0 Å². The van der Waals surface area contributed by atoms with Crippen LogP contribution < -0.4 is 11.1 Å². The number of rotatable bonds is 4. The zero-order valence-electron chi connectivity index (χ0n) is 11.2. The number of anilines is 1. The van der Waals surface area contributed by atoms with Gasteiger partial charge in [0.1, 0.15) is 11.6 Å². The molecule has 2 aromatic carbocycles. The van der Waals surface area contributed by atoms with Crippen LogP contribution in [-0.4, -0.2) is 5.91 Å². The largest absolute Gasteiger partial charge is 0.381 e. The average Bonchev–Trinajstić information content (AvgIpc) is 2.43. The van der Waals surface area contributed by atoms with Gasteiger partial charge < -0.3 is 11.1 Å². The zero-order valence-corrected chi connectivity index (χ0v) is 12.0. The van der Waals surface area contributed by atoms with Gasteiger partial charge in [-0.15, -0.1) is 0 Å². The van der Waals surface area contributed by atoms with Gasteiger partial charge in [0, 0.05) is 23.4 Å². The van der Waals surface area contributed by atoms with Gasteiger partial charge in [0.25, 0.3) is 0 Å². The van der Waals surface area contributed by atoms with Crippen molar-refractivity contribution in [2.75, 3.05) is 5.32 Å². The maximum absolute atomic E-state index is 13.7. The van der Waals surface area contributed by atoms with Gasteiger partial charge in [0.2, 0.25) is 5.91 Å². The lowest BCUT2D eigenvalue weighted by Gasteiger charge is -2.12. The summed E-state index contributed by atoms with van der Waals surface area (Å²) < 4.78 is 27.1. The molecule has 0 heterocycles.